The van der Waals surface area contributed by atoms with Crippen molar-refractivity contribution in [3.05, 3.63) is 35.9 Å². The predicted octanol–water partition coefficient (Wildman–Crippen LogP) is 1.68. The molecule has 1 aromatic carbocycles. The van der Waals surface area contributed by atoms with Gasteiger partial charge in [-0.2, -0.15) is 0 Å². The lowest BCUT2D eigenvalue weighted by molar-refractivity contribution is 0.0771. The first-order valence-corrected chi connectivity index (χ1v) is 5.60. The number of nitrogens with two attached hydrogens (primary N) is 1. The number of rotatable bonds is 2. The summed E-state index contributed by atoms with van der Waals surface area (Å²) in [7, 11) is 1.56. The number of methoxy groups -OCH3 is 1. The van der Waals surface area contributed by atoms with E-state index in [1.54, 1.807) is 30.2 Å². The average Bonchev–Trinajstić information content (AvgIpc) is 2.39. The minimum Gasteiger partial charge on any atom is -0.495 e. The monoisotopic (exact) mass is 232 g/mol. The van der Waals surface area contributed by atoms with Crippen molar-refractivity contribution in [3.8, 4) is 5.75 Å². The minimum atomic E-state index is 0.0173. The first kappa shape index (κ1) is 11.5. The zero-order chi connectivity index (χ0) is 12.3. The molecule has 4 heteroatoms. The van der Waals surface area contributed by atoms with Gasteiger partial charge in [0.1, 0.15) is 5.75 Å². The zero-order valence-electron chi connectivity index (χ0n) is 9.85. The first-order valence-electron chi connectivity index (χ1n) is 5.60. The van der Waals surface area contributed by atoms with Crippen molar-refractivity contribution in [2.75, 3.05) is 25.9 Å². The molecule has 0 atom stereocenters. The Morgan fingerprint density at radius 1 is 1.41 bits per heavy atom. The number of hydrogen-bond donors (Lipinski definition) is 1. The van der Waals surface area contributed by atoms with Gasteiger partial charge in [0.05, 0.1) is 12.8 Å². The van der Waals surface area contributed by atoms with Crippen LogP contribution in [0.3, 0.4) is 0 Å². The molecule has 0 aliphatic carbocycles. The summed E-state index contributed by atoms with van der Waals surface area (Å²) in [4.78, 5) is 14.0. The van der Waals surface area contributed by atoms with Crippen LogP contribution in [0.5, 0.6) is 5.75 Å². The van der Waals surface area contributed by atoms with Crippen molar-refractivity contribution in [2.24, 2.45) is 0 Å². The van der Waals surface area contributed by atoms with Crippen LogP contribution in [0.15, 0.2) is 30.4 Å². The van der Waals surface area contributed by atoms with E-state index in [9.17, 15) is 4.79 Å². The van der Waals surface area contributed by atoms with Gasteiger partial charge in [-0.15, -0.1) is 0 Å². The van der Waals surface area contributed by atoms with Crippen molar-refractivity contribution in [2.45, 2.75) is 6.42 Å². The van der Waals surface area contributed by atoms with Crippen molar-refractivity contribution in [3.63, 3.8) is 0 Å². The maximum atomic E-state index is 12.1. The molecule has 17 heavy (non-hydrogen) atoms. The second-order valence-electron chi connectivity index (χ2n) is 3.97. The molecule has 0 bridgehead atoms. The van der Waals surface area contributed by atoms with E-state index in [0.29, 0.717) is 23.5 Å². The molecule has 2 rings (SSSR count). The summed E-state index contributed by atoms with van der Waals surface area (Å²) in [6.45, 7) is 1.44. The lowest BCUT2D eigenvalue weighted by Crippen LogP contribution is -2.33. The first-order chi connectivity index (χ1) is 8.22. The summed E-state index contributed by atoms with van der Waals surface area (Å²) in [5, 5.41) is 0. The van der Waals surface area contributed by atoms with E-state index in [-0.39, 0.29) is 5.91 Å². The van der Waals surface area contributed by atoms with Crippen LogP contribution in [0.4, 0.5) is 5.69 Å². The van der Waals surface area contributed by atoms with Crippen LogP contribution in [0.1, 0.15) is 16.8 Å². The van der Waals surface area contributed by atoms with Crippen LogP contribution >= 0.6 is 0 Å². The molecule has 0 radical (unpaired) electrons. The van der Waals surface area contributed by atoms with Crippen molar-refractivity contribution < 1.29 is 9.53 Å². The fourth-order valence-corrected chi connectivity index (χ4v) is 1.88. The Hall–Kier alpha value is -1.97. The molecule has 0 saturated heterocycles. The molecular formula is C13H16N2O2. The van der Waals surface area contributed by atoms with Crippen LogP contribution < -0.4 is 10.5 Å². The summed E-state index contributed by atoms with van der Waals surface area (Å²) < 4.78 is 5.06. The molecule has 1 aromatic rings. The van der Waals surface area contributed by atoms with Gasteiger partial charge in [0.2, 0.25) is 0 Å². The number of nitrogens with zero attached hydrogens (tertiary/aromatic N) is 1. The molecule has 2 N–H and O–H groups in total. The Morgan fingerprint density at radius 2 is 2.24 bits per heavy atom. The number of carbonyl (C=O) groups is 1. The van der Waals surface area contributed by atoms with Gasteiger partial charge in [-0.1, -0.05) is 12.2 Å². The van der Waals surface area contributed by atoms with Gasteiger partial charge < -0.3 is 15.4 Å². The van der Waals surface area contributed by atoms with E-state index < -0.39 is 0 Å². The summed E-state index contributed by atoms with van der Waals surface area (Å²) in [5.74, 6) is 0.615. The highest BCUT2D eigenvalue weighted by Gasteiger charge is 2.16. The largest absolute Gasteiger partial charge is 0.495 e. The molecule has 0 aromatic heterocycles. The Bertz CT molecular complexity index is 455. The third kappa shape index (κ3) is 2.41. The number of amides is 1. The Balaban J connectivity index is 2.19. The topological polar surface area (TPSA) is 55.6 Å². The number of carbonyl (C=O) groups excluding carboxylic acids is 1. The van der Waals surface area contributed by atoms with Crippen molar-refractivity contribution in [1.29, 1.82) is 0 Å². The maximum absolute atomic E-state index is 12.1. The highest BCUT2D eigenvalue weighted by Crippen LogP contribution is 2.22. The number of anilines is 1. The van der Waals surface area contributed by atoms with Crippen LogP contribution in [0.2, 0.25) is 0 Å². The van der Waals surface area contributed by atoms with Gasteiger partial charge in [0, 0.05) is 18.7 Å². The number of ether oxygens (including phenoxy) is 1. The average molecular weight is 232 g/mol. The molecule has 90 valence electrons. The molecule has 1 amide bonds. The van der Waals surface area contributed by atoms with E-state index in [0.717, 1.165) is 13.0 Å². The summed E-state index contributed by atoms with van der Waals surface area (Å²) in [6, 6.07) is 5.14. The number of hydrogen-bond acceptors (Lipinski definition) is 3. The van der Waals surface area contributed by atoms with E-state index in [2.05, 4.69) is 6.08 Å². The van der Waals surface area contributed by atoms with Gasteiger partial charge in [-0.25, -0.2) is 0 Å². The zero-order valence-corrected chi connectivity index (χ0v) is 9.85. The van der Waals surface area contributed by atoms with Gasteiger partial charge in [0.15, 0.2) is 0 Å². The van der Waals surface area contributed by atoms with Crippen LogP contribution in [0, 0.1) is 0 Å². The second kappa shape index (κ2) is 4.91. The molecule has 0 unspecified atom stereocenters. The lowest BCUT2D eigenvalue weighted by Gasteiger charge is -2.23. The van der Waals surface area contributed by atoms with Gasteiger partial charge >= 0.3 is 0 Å². The molecule has 0 saturated carbocycles. The third-order valence-electron chi connectivity index (χ3n) is 2.82. The molecular weight excluding hydrogens is 216 g/mol. The minimum absolute atomic E-state index is 0.0173. The van der Waals surface area contributed by atoms with Crippen molar-refractivity contribution in [1.82, 2.24) is 4.90 Å². The quantitative estimate of drug-likeness (QED) is 0.623. The van der Waals surface area contributed by atoms with Crippen LogP contribution in [-0.2, 0) is 0 Å². The normalized spacial score (nSPS) is 14.8. The number of benzene rings is 1. The van der Waals surface area contributed by atoms with E-state index in [1.807, 2.05) is 6.08 Å². The van der Waals surface area contributed by atoms with E-state index in [1.165, 1.54) is 0 Å². The standard InChI is InChI=1S/C13H16N2O2/c1-17-12-6-5-10(9-11(12)14)13(16)15-7-3-2-4-8-15/h2-3,5-6,9H,4,7-8,14H2,1H3. The highest BCUT2D eigenvalue weighted by atomic mass is 16.5. The van der Waals surface area contributed by atoms with E-state index in [4.69, 9.17) is 10.5 Å². The molecule has 0 fully saturated rings. The Morgan fingerprint density at radius 3 is 2.82 bits per heavy atom. The molecule has 1 heterocycles. The van der Waals surface area contributed by atoms with E-state index >= 15 is 0 Å². The van der Waals surface area contributed by atoms with Crippen LogP contribution in [0.25, 0.3) is 0 Å². The van der Waals surface area contributed by atoms with Crippen molar-refractivity contribution >= 4 is 11.6 Å². The molecule has 1 aliphatic rings. The Labute approximate surface area is 101 Å². The predicted molar refractivity (Wildman–Crippen MR) is 67.1 cm³/mol. The molecule has 4 nitrogen and oxygen atoms in total. The van der Waals surface area contributed by atoms with Gasteiger partial charge in [0.25, 0.3) is 5.91 Å². The fourth-order valence-electron chi connectivity index (χ4n) is 1.88. The molecule has 0 spiro atoms. The maximum Gasteiger partial charge on any atom is 0.254 e. The lowest BCUT2D eigenvalue weighted by atomic mass is 10.1. The summed E-state index contributed by atoms with van der Waals surface area (Å²) in [6.07, 6.45) is 5.01. The third-order valence-corrected chi connectivity index (χ3v) is 2.82. The summed E-state index contributed by atoms with van der Waals surface area (Å²) >= 11 is 0. The SMILES string of the molecule is COc1ccc(C(=O)N2CC=CCC2)cc1N. The molecule has 1 aliphatic heterocycles. The van der Waals surface area contributed by atoms with Crippen LogP contribution in [-0.4, -0.2) is 31.0 Å². The highest BCUT2D eigenvalue weighted by molar-refractivity contribution is 5.95. The van der Waals surface area contributed by atoms with Gasteiger partial charge in [-0.05, 0) is 24.6 Å². The number of nitrogen functional groups attached to an aromatic ring is 1. The smallest absolute Gasteiger partial charge is 0.254 e. The Kier molecular flexibility index (Phi) is 3.32. The second-order valence-corrected chi connectivity index (χ2v) is 3.97. The fraction of sp³-hybridized carbons (Fsp3) is 0.308. The van der Waals surface area contributed by atoms with Gasteiger partial charge in [-0.3, -0.25) is 4.79 Å². The summed E-state index contributed by atoms with van der Waals surface area (Å²) in [5.41, 5.74) is 6.89.